The van der Waals surface area contributed by atoms with E-state index in [0.717, 1.165) is 28.3 Å². The predicted octanol–water partition coefficient (Wildman–Crippen LogP) is 4.23. The number of nitrogens with zero attached hydrogens (tertiary/aromatic N) is 3. The van der Waals surface area contributed by atoms with Gasteiger partial charge in [0.1, 0.15) is 5.82 Å². The summed E-state index contributed by atoms with van der Waals surface area (Å²) in [5.41, 5.74) is 3.27. The topological polar surface area (TPSA) is 96.7 Å². The molecule has 0 aliphatic carbocycles. The highest BCUT2D eigenvalue weighted by Crippen LogP contribution is 2.36. The van der Waals surface area contributed by atoms with Crippen molar-refractivity contribution < 1.29 is 23.7 Å². The van der Waals surface area contributed by atoms with E-state index in [1.54, 1.807) is 31.0 Å². The molecule has 0 saturated heterocycles. The van der Waals surface area contributed by atoms with Gasteiger partial charge in [0.2, 0.25) is 17.8 Å². The van der Waals surface area contributed by atoms with Gasteiger partial charge in [0.05, 0.1) is 32.0 Å². The van der Waals surface area contributed by atoms with Gasteiger partial charge < -0.3 is 24.3 Å². The Morgan fingerprint density at radius 3 is 2.74 bits per heavy atom. The van der Waals surface area contributed by atoms with Gasteiger partial charge in [-0.3, -0.25) is 4.79 Å². The van der Waals surface area contributed by atoms with Crippen LogP contribution in [0.1, 0.15) is 11.3 Å². The molecular formula is C24H22N4O5S. The number of hydrogen-bond donors (Lipinski definition) is 1. The molecule has 0 spiro atoms. The van der Waals surface area contributed by atoms with Gasteiger partial charge in [0.25, 0.3) is 0 Å². The Kier molecular flexibility index (Phi) is 5.81. The number of carbonyl (C=O) groups excluding carboxylic acids is 1. The van der Waals surface area contributed by atoms with Gasteiger partial charge in [-0.1, -0.05) is 6.07 Å². The van der Waals surface area contributed by atoms with Gasteiger partial charge in [-0.2, -0.15) is 9.78 Å². The maximum atomic E-state index is 12.8. The molecule has 0 bridgehead atoms. The standard InChI is InChI=1S/C24H22N4O5S/c1-14-8-22(26-23(29)10-15-4-6-18(30-2)20(9-15)31-3)28(27-14)24-25-17(12-34-24)16-5-7-19-21(11-16)33-13-32-19/h4-9,11-12H,10,13H2,1-3H3,(H,26,29). The molecule has 0 fully saturated rings. The molecule has 2 aromatic heterocycles. The number of anilines is 1. The molecule has 9 nitrogen and oxygen atoms in total. The molecule has 0 atom stereocenters. The van der Waals surface area contributed by atoms with Crippen LogP contribution in [0.25, 0.3) is 16.4 Å². The van der Waals surface area contributed by atoms with Crippen molar-refractivity contribution in [2.45, 2.75) is 13.3 Å². The monoisotopic (exact) mass is 478 g/mol. The molecular weight excluding hydrogens is 456 g/mol. The second-order valence-electron chi connectivity index (χ2n) is 7.58. The molecule has 34 heavy (non-hydrogen) atoms. The molecule has 0 unspecified atom stereocenters. The van der Waals surface area contributed by atoms with Crippen molar-refractivity contribution in [3.05, 3.63) is 59.1 Å². The van der Waals surface area contributed by atoms with E-state index in [4.69, 9.17) is 23.9 Å². The maximum absolute atomic E-state index is 12.8. The summed E-state index contributed by atoms with van der Waals surface area (Å²) in [7, 11) is 3.14. The number of benzene rings is 2. The lowest BCUT2D eigenvalue weighted by Gasteiger charge is -2.10. The highest BCUT2D eigenvalue weighted by atomic mass is 32.1. The Labute approximate surface area is 199 Å². The fraction of sp³-hybridized carbons (Fsp3) is 0.208. The van der Waals surface area contributed by atoms with Gasteiger partial charge in [0, 0.05) is 17.0 Å². The molecule has 10 heteroatoms. The number of hydrogen-bond acceptors (Lipinski definition) is 8. The smallest absolute Gasteiger partial charge is 0.231 e. The molecule has 0 radical (unpaired) electrons. The third-order valence-corrected chi connectivity index (χ3v) is 6.07. The molecule has 174 valence electrons. The molecule has 1 amide bonds. The predicted molar refractivity (Wildman–Crippen MR) is 127 cm³/mol. The first-order valence-corrected chi connectivity index (χ1v) is 11.4. The molecule has 0 saturated carbocycles. The summed E-state index contributed by atoms with van der Waals surface area (Å²) in [6, 6.07) is 12.9. The zero-order chi connectivity index (χ0) is 23.7. The normalized spacial score (nSPS) is 12.0. The van der Waals surface area contributed by atoms with E-state index in [0.29, 0.717) is 28.2 Å². The van der Waals surface area contributed by atoms with Crippen LogP contribution < -0.4 is 24.3 Å². The number of ether oxygens (including phenoxy) is 4. The van der Waals surface area contributed by atoms with Crippen LogP contribution in [0.4, 0.5) is 5.82 Å². The van der Waals surface area contributed by atoms with E-state index in [2.05, 4.69) is 10.4 Å². The molecule has 2 aromatic carbocycles. The minimum atomic E-state index is -0.180. The first-order chi connectivity index (χ1) is 16.5. The average molecular weight is 479 g/mol. The second-order valence-corrected chi connectivity index (χ2v) is 8.42. The zero-order valence-electron chi connectivity index (χ0n) is 18.8. The van der Waals surface area contributed by atoms with Crippen LogP contribution in [0.2, 0.25) is 0 Å². The molecule has 1 aliphatic heterocycles. The number of nitrogens with one attached hydrogen (secondary N) is 1. The van der Waals surface area contributed by atoms with Crippen LogP contribution in [0.3, 0.4) is 0 Å². The van der Waals surface area contributed by atoms with Crippen molar-refractivity contribution in [3.63, 3.8) is 0 Å². The fourth-order valence-electron chi connectivity index (χ4n) is 3.65. The number of thiazole rings is 1. The Balaban J connectivity index is 1.35. The van der Waals surface area contributed by atoms with Crippen LogP contribution in [-0.4, -0.2) is 41.7 Å². The van der Waals surface area contributed by atoms with Crippen LogP contribution in [-0.2, 0) is 11.2 Å². The number of fused-ring (bicyclic) bond motifs is 1. The quantitative estimate of drug-likeness (QED) is 0.425. The first-order valence-electron chi connectivity index (χ1n) is 10.5. The largest absolute Gasteiger partial charge is 0.493 e. The fourth-order valence-corrected chi connectivity index (χ4v) is 4.44. The van der Waals surface area contributed by atoms with E-state index < -0.39 is 0 Å². The highest BCUT2D eigenvalue weighted by molar-refractivity contribution is 7.12. The van der Waals surface area contributed by atoms with Crippen molar-refractivity contribution >= 4 is 23.1 Å². The van der Waals surface area contributed by atoms with E-state index >= 15 is 0 Å². The molecule has 5 rings (SSSR count). The third-order valence-electron chi connectivity index (χ3n) is 5.25. The Morgan fingerprint density at radius 1 is 1.09 bits per heavy atom. The van der Waals surface area contributed by atoms with Crippen molar-refractivity contribution in [1.29, 1.82) is 0 Å². The van der Waals surface area contributed by atoms with Crippen LogP contribution in [0.15, 0.2) is 47.8 Å². The summed E-state index contributed by atoms with van der Waals surface area (Å²) in [5.74, 6) is 2.98. The summed E-state index contributed by atoms with van der Waals surface area (Å²) in [5, 5.41) is 10.1. The van der Waals surface area contributed by atoms with E-state index in [1.807, 2.05) is 42.6 Å². The number of aromatic nitrogens is 3. The summed E-state index contributed by atoms with van der Waals surface area (Å²) in [6.45, 7) is 2.09. The molecule has 1 aliphatic rings. The highest BCUT2D eigenvalue weighted by Gasteiger charge is 2.18. The lowest BCUT2D eigenvalue weighted by molar-refractivity contribution is -0.115. The lowest BCUT2D eigenvalue weighted by Crippen LogP contribution is -2.17. The minimum Gasteiger partial charge on any atom is -0.493 e. The number of carbonyl (C=O) groups is 1. The third kappa shape index (κ3) is 4.27. The molecule has 1 N–H and O–H groups in total. The maximum Gasteiger partial charge on any atom is 0.231 e. The Bertz CT molecular complexity index is 1360. The lowest BCUT2D eigenvalue weighted by atomic mass is 10.1. The van der Waals surface area contributed by atoms with Crippen molar-refractivity contribution in [3.8, 4) is 39.4 Å². The van der Waals surface area contributed by atoms with Crippen molar-refractivity contribution in [1.82, 2.24) is 14.8 Å². The van der Waals surface area contributed by atoms with Gasteiger partial charge in [-0.25, -0.2) is 4.98 Å². The van der Waals surface area contributed by atoms with Gasteiger partial charge in [0.15, 0.2) is 23.0 Å². The van der Waals surface area contributed by atoms with E-state index in [-0.39, 0.29) is 19.1 Å². The Hall–Kier alpha value is -4.05. The SMILES string of the molecule is COc1ccc(CC(=O)Nc2cc(C)nn2-c2nc(-c3ccc4c(c3)OCO4)cs2)cc1OC. The first kappa shape index (κ1) is 21.8. The number of aryl methyl sites for hydroxylation is 1. The number of rotatable bonds is 7. The van der Waals surface area contributed by atoms with Crippen molar-refractivity contribution in [2.24, 2.45) is 0 Å². The van der Waals surface area contributed by atoms with Crippen LogP contribution >= 0.6 is 11.3 Å². The molecule has 3 heterocycles. The zero-order valence-corrected chi connectivity index (χ0v) is 19.6. The summed E-state index contributed by atoms with van der Waals surface area (Å²) in [6.07, 6.45) is 0.172. The minimum absolute atomic E-state index is 0.172. The van der Waals surface area contributed by atoms with Crippen LogP contribution in [0.5, 0.6) is 23.0 Å². The van der Waals surface area contributed by atoms with Gasteiger partial charge in [-0.05, 0) is 42.8 Å². The van der Waals surface area contributed by atoms with E-state index in [1.165, 1.54) is 11.3 Å². The number of amides is 1. The molecule has 4 aromatic rings. The van der Waals surface area contributed by atoms with Crippen LogP contribution in [0, 0.1) is 6.92 Å². The second kappa shape index (κ2) is 9.06. The van der Waals surface area contributed by atoms with E-state index in [9.17, 15) is 4.79 Å². The van der Waals surface area contributed by atoms with Gasteiger partial charge in [-0.15, -0.1) is 11.3 Å². The number of methoxy groups -OCH3 is 2. The summed E-state index contributed by atoms with van der Waals surface area (Å²) in [4.78, 5) is 17.5. The Morgan fingerprint density at radius 2 is 1.91 bits per heavy atom. The summed E-state index contributed by atoms with van der Waals surface area (Å²) < 4.78 is 23.1. The summed E-state index contributed by atoms with van der Waals surface area (Å²) >= 11 is 1.43. The average Bonchev–Trinajstić information content (AvgIpc) is 3.58. The van der Waals surface area contributed by atoms with Crippen molar-refractivity contribution in [2.75, 3.05) is 26.3 Å². The van der Waals surface area contributed by atoms with Gasteiger partial charge >= 0.3 is 0 Å².